The average molecular weight is 349 g/mol. The lowest BCUT2D eigenvalue weighted by atomic mass is 10.2. The van der Waals surface area contributed by atoms with Crippen LogP contribution in [0.15, 0.2) is 24.4 Å². The van der Waals surface area contributed by atoms with Crippen LogP contribution in [0.25, 0.3) is 0 Å². The number of alkyl halides is 3. The van der Waals surface area contributed by atoms with Gasteiger partial charge in [0.15, 0.2) is 0 Å². The van der Waals surface area contributed by atoms with E-state index in [1.54, 1.807) is 13.1 Å². The maximum Gasteiger partial charge on any atom is 0.490 e. The number of aromatic nitrogens is 1. The predicted octanol–water partition coefficient (Wildman–Crippen LogP) is 1.31. The fourth-order valence-corrected chi connectivity index (χ4v) is 2.04. The third-order valence-corrected chi connectivity index (χ3v) is 3.44. The molecule has 2 N–H and O–H groups in total. The molecule has 1 saturated heterocycles. The third-order valence-electron chi connectivity index (χ3n) is 3.44. The number of rotatable bonds is 3. The summed E-state index contributed by atoms with van der Waals surface area (Å²) in [4.78, 5) is 28.3. The van der Waals surface area contributed by atoms with Gasteiger partial charge in [0, 0.05) is 32.4 Å². The van der Waals surface area contributed by atoms with E-state index >= 15 is 0 Å². The molecule has 0 aromatic carbocycles. The number of anilines is 1. The van der Waals surface area contributed by atoms with Crippen LogP contribution in [0.5, 0.6) is 0 Å². The van der Waals surface area contributed by atoms with Crippen molar-refractivity contribution in [3.05, 3.63) is 24.4 Å². The molecule has 1 aliphatic heterocycles. The Bertz CT molecular complexity index is 546. The summed E-state index contributed by atoms with van der Waals surface area (Å²) in [7, 11) is 0. The number of hydrogen-bond donors (Lipinski definition) is 2. The maximum absolute atomic E-state index is 10.9. The lowest BCUT2D eigenvalue weighted by Gasteiger charge is -2.37. The second kappa shape index (κ2) is 8.48. The van der Waals surface area contributed by atoms with Crippen molar-refractivity contribution >= 4 is 17.8 Å². The number of carbonyl (C=O) groups is 2. The van der Waals surface area contributed by atoms with Crippen LogP contribution >= 0.6 is 0 Å². The van der Waals surface area contributed by atoms with Crippen molar-refractivity contribution in [3.8, 4) is 0 Å². The number of piperazine rings is 1. The van der Waals surface area contributed by atoms with Crippen molar-refractivity contribution in [1.29, 1.82) is 0 Å². The molecule has 1 aromatic rings. The molecule has 0 aliphatic carbocycles. The first-order valence-electron chi connectivity index (χ1n) is 7.06. The Kier molecular flexibility index (Phi) is 6.96. The lowest BCUT2D eigenvalue weighted by molar-refractivity contribution is -0.192. The van der Waals surface area contributed by atoms with Gasteiger partial charge in [-0.25, -0.2) is 9.78 Å². The first kappa shape index (κ1) is 19.7. The SMILES string of the molecule is CC(C(=O)O)N1CCN(c2ccccn2)CC1.O=C(O)C(F)(F)F. The highest BCUT2D eigenvalue weighted by molar-refractivity contribution is 5.73. The van der Waals surface area contributed by atoms with E-state index in [9.17, 15) is 18.0 Å². The molecule has 24 heavy (non-hydrogen) atoms. The van der Waals surface area contributed by atoms with Crippen LogP contribution in [0.3, 0.4) is 0 Å². The largest absolute Gasteiger partial charge is 0.490 e. The summed E-state index contributed by atoms with van der Waals surface area (Å²) >= 11 is 0. The monoisotopic (exact) mass is 349 g/mol. The minimum atomic E-state index is -5.08. The number of nitrogens with zero attached hydrogens (tertiary/aromatic N) is 3. The van der Waals surface area contributed by atoms with E-state index in [0.717, 1.165) is 32.0 Å². The van der Waals surface area contributed by atoms with Crippen LogP contribution in [0.2, 0.25) is 0 Å². The molecule has 1 atom stereocenters. The number of aliphatic carboxylic acids is 2. The predicted molar refractivity (Wildman–Crippen MR) is 78.8 cm³/mol. The molecule has 0 radical (unpaired) electrons. The van der Waals surface area contributed by atoms with Crippen molar-refractivity contribution in [2.75, 3.05) is 31.1 Å². The van der Waals surface area contributed by atoms with Crippen LogP contribution in [-0.4, -0.2) is 70.4 Å². The maximum atomic E-state index is 10.9. The highest BCUT2D eigenvalue weighted by Crippen LogP contribution is 2.14. The fourth-order valence-electron chi connectivity index (χ4n) is 2.04. The van der Waals surface area contributed by atoms with Gasteiger partial charge in [0.05, 0.1) is 0 Å². The Hall–Kier alpha value is -2.36. The Morgan fingerprint density at radius 3 is 2.08 bits per heavy atom. The van der Waals surface area contributed by atoms with Gasteiger partial charge in [-0.2, -0.15) is 13.2 Å². The quantitative estimate of drug-likeness (QED) is 0.850. The summed E-state index contributed by atoms with van der Waals surface area (Å²) < 4.78 is 31.7. The number of carboxylic acids is 2. The van der Waals surface area contributed by atoms with Crippen LogP contribution in [0.4, 0.5) is 19.0 Å². The van der Waals surface area contributed by atoms with Crippen molar-refractivity contribution in [2.45, 2.75) is 19.1 Å². The smallest absolute Gasteiger partial charge is 0.480 e. The van der Waals surface area contributed by atoms with Gasteiger partial charge < -0.3 is 15.1 Å². The van der Waals surface area contributed by atoms with Crippen LogP contribution in [0, 0.1) is 0 Å². The van der Waals surface area contributed by atoms with E-state index in [1.807, 2.05) is 23.1 Å². The Labute approximate surface area is 136 Å². The molecule has 1 unspecified atom stereocenters. The minimum absolute atomic E-state index is 0.402. The molecule has 7 nitrogen and oxygen atoms in total. The number of carboxylic acid groups (broad SMARTS) is 2. The van der Waals surface area contributed by atoms with E-state index < -0.39 is 24.2 Å². The van der Waals surface area contributed by atoms with Gasteiger partial charge in [-0.05, 0) is 19.1 Å². The van der Waals surface area contributed by atoms with Gasteiger partial charge in [0.1, 0.15) is 11.9 Å². The van der Waals surface area contributed by atoms with Crippen molar-refractivity contribution in [1.82, 2.24) is 9.88 Å². The summed E-state index contributed by atoms with van der Waals surface area (Å²) in [5, 5.41) is 16.1. The number of halogens is 3. The molecular weight excluding hydrogens is 331 g/mol. The fraction of sp³-hybridized carbons (Fsp3) is 0.500. The van der Waals surface area contributed by atoms with Gasteiger partial charge in [-0.15, -0.1) is 0 Å². The molecule has 1 aromatic heterocycles. The van der Waals surface area contributed by atoms with E-state index in [4.69, 9.17) is 15.0 Å². The van der Waals surface area contributed by atoms with E-state index in [-0.39, 0.29) is 0 Å². The lowest BCUT2D eigenvalue weighted by Crippen LogP contribution is -2.51. The topological polar surface area (TPSA) is 94.0 Å². The highest BCUT2D eigenvalue weighted by atomic mass is 19.4. The van der Waals surface area contributed by atoms with Crippen LogP contribution < -0.4 is 4.90 Å². The molecule has 2 heterocycles. The molecule has 2 rings (SSSR count). The van der Waals surface area contributed by atoms with Crippen molar-refractivity contribution < 1.29 is 33.0 Å². The number of hydrogen-bond acceptors (Lipinski definition) is 5. The molecule has 10 heteroatoms. The normalized spacial score (nSPS) is 16.8. The summed E-state index contributed by atoms with van der Waals surface area (Å²) in [6, 6.07) is 5.44. The Morgan fingerprint density at radius 2 is 1.71 bits per heavy atom. The second-order valence-corrected chi connectivity index (χ2v) is 5.03. The van der Waals surface area contributed by atoms with Gasteiger partial charge in [0.2, 0.25) is 0 Å². The zero-order valence-corrected chi connectivity index (χ0v) is 12.9. The molecule has 134 valence electrons. The van der Waals surface area contributed by atoms with Crippen molar-refractivity contribution in [3.63, 3.8) is 0 Å². The molecule has 0 bridgehead atoms. The molecule has 1 fully saturated rings. The molecule has 0 amide bonds. The molecule has 0 spiro atoms. The summed E-state index contributed by atoms with van der Waals surface area (Å²) in [5.74, 6) is -2.54. The standard InChI is InChI=1S/C12H17N3O2.C2HF3O2/c1-10(12(16)17)14-6-8-15(9-7-14)11-4-2-3-5-13-11;3-2(4,5)1(6)7/h2-5,10H,6-9H2,1H3,(H,16,17);(H,6,7). The van der Waals surface area contributed by atoms with E-state index in [2.05, 4.69) is 9.88 Å². The molecule has 0 saturated carbocycles. The van der Waals surface area contributed by atoms with Gasteiger partial charge in [0.25, 0.3) is 0 Å². The molecule has 1 aliphatic rings. The Balaban J connectivity index is 0.000000351. The number of pyridine rings is 1. The second-order valence-electron chi connectivity index (χ2n) is 5.03. The average Bonchev–Trinajstić information content (AvgIpc) is 2.55. The minimum Gasteiger partial charge on any atom is -0.480 e. The zero-order chi connectivity index (χ0) is 18.3. The van der Waals surface area contributed by atoms with E-state index in [0.29, 0.717) is 0 Å². The summed E-state index contributed by atoms with van der Waals surface area (Å²) in [6.45, 7) is 4.93. The summed E-state index contributed by atoms with van der Waals surface area (Å²) in [5.41, 5.74) is 0. The first-order chi connectivity index (χ1) is 11.1. The van der Waals surface area contributed by atoms with E-state index in [1.165, 1.54) is 0 Å². The van der Waals surface area contributed by atoms with Gasteiger partial charge in [-0.3, -0.25) is 9.69 Å². The molecular formula is C14H18F3N3O4. The zero-order valence-electron chi connectivity index (χ0n) is 12.9. The van der Waals surface area contributed by atoms with Crippen molar-refractivity contribution in [2.24, 2.45) is 0 Å². The third kappa shape index (κ3) is 6.03. The first-order valence-corrected chi connectivity index (χ1v) is 7.06. The van der Waals surface area contributed by atoms with Gasteiger partial charge in [-0.1, -0.05) is 6.07 Å². The van der Waals surface area contributed by atoms with Crippen LogP contribution in [0.1, 0.15) is 6.92 Å². The van der Waals surface area contributed by atoms with Crippen LogP contribution in [-0.2, 0) is 9.59 Å². The Morgan fingerprint density at radius 1 is 1.17 bits per heavy atom. The highest BCUT2D eigenvalue weighted by Gasteiger charge is 2.38. The van der Waals surface area contributed by atoms with Gasteiger partial charge >= 0.3 is 18.1 Å². The summed E-state index contributed by atoms with van der Waals surface area (Å²) in [6.07, 6.45) is -3.30.